The molecular weight excluding hydrogens is 300 g/mol. The summed E-state index contributed by atoms with van der Waals surface area (Å²) in [5.41, 5.74) is 0.109. The summed E-state index contributed by atoms with van der Waals surface area (Å²) >= 11 is 0. The van der Waals surface area contributed by atoms with Crippen molar-refractivity contribution in [2.45, 2.75) is 12.8 Å². The van der Waals surface area contributed by atoms with E-state index in [0.717, 1.165) is 0 Å². The topological polar surface area (TPSA) is 85.8 Å². The van der Waals surface area contributed by atoms with Crippen molar-refractivity contribution in [1.82, 2.24) is 10.0 Å². The van der Waals surface area contributed by atoms with E-state index in [4.69, 9.17) is 9.57 Å². The lowest BCUT2D eigenvalue weighted by atomic mass is 10.3. The minimum Gasteiger partial charge on any atom is -0.439 e. The number of imide groups is 1. The molecule has 1 aromatic carbocycles. The molecule has 0 N–H and O–H groups in total. The van der Waals surface area contributed by atoms with Crippen molar-refractivity contribution in [2.24, 2.45) is 0 Å². The Morgan fingerprint density at radius 3 is 2.30 bits per heavy atom. The number of carbonyl (C=O) groups is 3. The summed E-state index contributed by atoms with van der Waals surface area (Å²) in [5, 5.41) is 0.497. The van der Waals surface area contributed by atoms with E-state index in [2.05, 4.69) is 4.98 Å². The van der Waals surface area contributed by atoms with Crippen LogP contribution in [0.15, 0.2) is 48.7 Å². The van der Waals surface area contributed by atoms with Crippen LogP contribution in [0.2, 0.25) is 0 Å². The molecule has 1 aromatic heterocycles. The van der Waals surface area contributed by atoms with Crippen molar-refractivity contribution in [3.63, 3.8) is 0 Å². The normalized spacial score (nSPS) is 14.0. The van der Waals surface area contributed by atoms with E-state index < -0.39 is 17.8 Å². The number of benzene rings is 1. The van der Waals surface area contributed by atoms with Gasteiger partial charge in [-0.15, -0.1) is 5.06 Å². The van der Waals surface area contributed by atoms with Gasteiger partial charge in [-0.3, -0.25) is 9.59 Å². The van der Waals surface area contributed by atoms with Crippen molar-refractivity contribution in [3.8, 4) is 11.6 Å². The van der Waals surface area contributed by atoms with E-state index >= 15 is 0 Å². The Kier molecular flexibility index (Phi) is 4.01. The molecule has 7 heteroatoms. The molecule has 7 nitrogen and oxygen atoms in total. The van der Waals surface area contributed by atoms with Crippen molar-refractivity contribution in [1.29, 1.82) is 0 Å². The smallest absolute Gasteiger partial charge is 0.365 e. The van der Waals surface area contributed by atoms with E-state index in [1.165, 1.54) is 18.3 Å². The summed E-state index contributed by atoms with van der Waals surface area (Å²) in [7, 11) is 0. The Morgan fingerprint density at radius 2 is 1.70 bits per heavy atom. The van der Waals surface area contributed by atoms with Gasteiger partial charge in [-0.1, -0.05) is 18.2 Å². The lowest BCUT2D eigenvalue weighted by Gasteiger charge is -2.12. The number of rotatable bonds is 4. The molecule has 23 heavy (non-hydrogen) atoms. The molecule has 116 valence electrons. The van der Waals surface area contributed by atoms with Crippen molar-refractivity contribution >= 4 is 17.8 Å². The summed E-state index contributed by atoms with van der Waals surface area (Å²) in [5.74, 6) is -0.960. The minimum absolute atomic E-state index is 0.0498. The Labute approximate surface area is 131 Å². The lowest BCUT2D eigenvalue weighted by molar-refractivity contribution is -0.172. The first-order valence-corrected chi connectivity index (χ1v) is 6.90. The van der Waals surface area contributed by atoms with Crippen LogP contribution in [0.4, 0.5) is 0 Å². The molecule has 0 bridgehead atoms. The van der Waals surface area contributed by atoms with Crippen LogP contribution in [0.5, 0.6) is 11.6 Å². The number of aromatic nitrogens is 1. The average Bonchev–Trinajstić information content (AvgIpc) is 2.88. The van der Waals surface area contributed by atoms with E-state index in [1.54, 1.807) is 12.1 Å². The predicted octanol–water partition coefficient (Wildman–Crippen LogP) is 2.09. The van der Waals surface area contributed by atoms with E-state index in [9.17, 15) is 14.4 Å². The molecule has 0 aliphatic carbocycles. The third-order valence-electron chi connectivity index (χ3n) is 3.12. The summed E-state index contributed by atoms with van der Waals surface area (Å²) in [4.78, 5) is 43.5. The Bertz CT molecular complexity index is 727. The zero-order valence-corrected chi connectivity index (χ0v) is 12.0. The second-order valence-corrected chi connectivity index (χ2v) is 4.76. The van der Waals surface area contributed by atoms with Gasteiger partial charge in [0.05, 0.1) is 5.56 Å². The van der Waals surface area contributed by atoms with Gasteiger partial charge in [-0.2, -0.15) is 0 Å². The molecule has 0 saturated carbocycles. The predicted molar refractivity (Wildman–Crippen MR) is 77.3 cm³/mol. The molecule has 0 atom stereocenters. The second kappa shape index (κ2) is 6.27. The molecule has 1 saturated heterocycles. The largest absolute Gasteiger partial charge is 0.439 e. The highest BCUT2D eigenvalue weighted by Gasteiger charge is 2.33. The highest BCUT2D eigenvalue weighted by Crippen LogP contribution is 2.19. The van der Waals surface area contributed by atoms with Gasteiger partial charge in [-0.05, 0) is 18.2 Å². The van der Waals surface area contributed by atoms with Crippen LogP contribution in [0, 0.1) is 0 Å². The van der Waals surface area contributed by atoms with Gasteiger partial charge in [0, 0.05) is 25.1 Å². The van der Waals surface area contributed by atoms with Crippen LogP contribution >= 0.6 is 0 Å². The Morgan fingerprint density at radius 1 is 1.00 bits per heavy atom. The zero-order valence-electron chi connectivity index (χ0n) is 12.0. The van der Waals surface area contributed by atoms with Crippen LogP contribution in [-0.2, 0) is 14.4 Å². The van der Waals surface area contributed by atoms with E-state index in [0.29, 0.717) is 16.7 Å². The first-order chi connectivity index (χ1) is 11.1. The van der Waals surface area contributed by atoms with Crippen molar-refractivity contribution in [3.05, 3.63) is 54.2 Å². The summed E-state index contributed by atoms with van der Waals surface area (Å²) in [6, 6.07) is 12.0. The summed E-state index contributed by atoms with van der Waals surface area (Å²) in [6.45, 7) is 0. The third-order valence-corrected chi connectivity index (χ3v) is 3.12. The SMILES string of the molecule is O=C(ON1C(=O)CCC1=O)c1ccc(Oc2ccccc2)nc1. The van der Waals surface area contributed by atoms with Crippen LogP contribution in [0.1, 0.15) is 23.2 Å². The maximum Gasteiger partial charge on any atom is 0.365 e. The van der Waals surface area contributed by atoms with Crippen LogP contribution in [0.3, 0.4) is 0 Å². The van der Waals surface area contributed by atoms with E-state index in [-0.39, 0.29) is 18.4 Å². The summed E-state index contributed by atoms with van der Waals surface area (Å²) < 4.78 is 5.50. The van der Waals surface area contributed by atoms with Gasteiger partial charge in [0.15, 0.2) is 0 Å². The molecule has 2 aromatic rings. The molecule has 1 aliphatic rings. The minimum atomic E-state index is -0.827. The number of hydroxylamine groups is 2. The number of hydrogen-bond acceptors (Lipinski definition) is 6. The highest BCUT2D eigenvalue weighted by atomic mass is 16.7. The molecule has 2 heterocycles. The Hall–Kier alpha value is -3.22. The monoisotopic (exact) mass is 312 g/mol. The fraction of sp³-hybridized carbons (Fsp3) is 0.125. The molecule has 0 radical (unpaired) electrons. The van der Waals surface area contributed by atoms with Gasteiger partial charge in [0.2, 0.25) is 5.88 Å². The number of nitrogens with zero attached hydrogens (tertiary/aromatic N) is 2. The first-order valence-electron chi connectivity index (χ1n) is 6.90. The second-order valence-electron chi connectivity index (χ2n) is 4.76. The fourth-order valence-corrected chi connectivity index (χ4v) is 1.96. The number of ether oxygens (including phenoxy) is 1. The Balaban J connectivity index is 1.66. The maximum atomic E-state index is 11.9. The number of carbonyl (C=O) groups excluding carboxylic acids is 3. The number of hydrogen-bond donors (Lipinski definition) is 0. The standard InChI is InChI=1S/C16H12N2O5/c19-14-8-9-15(20)18(14)23-16(21)11-6-7-13(17-10-11)22-12-4-2-1-3-5-12/h1-7,10H,8-9H2. The average molecular weight is 312 g/mol. The van der Waals surface area contributed by atoms with Gasteiger partial charge in [0.1, 0.15) is 5.75 Å². The van der Waals surface area contributed by atoms with Crippen molar-refractivity contribution < 1.29 is 24.0 Å². The molecular formula is C16H12N2O5. The molecule has 2 amide bonds. The third kappa shape index (κ3) is 3.34. The molecule has 1 fully saturated rings. The maximum absolute atomic E-state index is 11.9. The molecule has 0 spiro atoms. The van der Waals surface area contributed by atoms with Crippen LogP contribution in [0.25, 0.3) is 0 Å². The number of pyridine rings is 1. The lowest BCUT2D eigenvalue weighted by Crippen LogP contribution is -2.32. The fourth-order valence-electron chi connectivity index (χ4n) is 1.96. The molecule has 0 unspecified atom stereocenters. The van der Waals surface area contributed by atoms with Crippen LogP contribution in [-0.4, -0.2) is 27.8 Å². The molecule has 3 rings (SSSR count). The first kappa shape index (κ1) is 14.7. The number of amides is 2. The van der Waals surface area contributed by atoms with Crippen LogP contribution < -0.4 is 4.74 Å². The van der Waals surface area contributed by atoms with Gasteiger partial charge < -0.3 is 9.57 Å². The zero-order chi connectivity index (χ0) is 16.2. The quantitative estimate of drug-likeness (QED) is 0.804. The van der Waals surface area contributed by atoms with Gasteiger partial charge >= 0.3 is 5.97 Å². The van der Waals surface area contributed by atoms with Gasteiger partial charge in [0.25, 0.3) is 11.8 Å². The van der Waals surface area contributed by atoms with Gasteiger partial charge in [-0.25, -0.2) is 9.78 Å². The highest BCUT2D eigenvalue weighted by molar-refractivity contribution is 6.02. The number of para-hydroxylation sites is 1. The van der Waals surface area contributed by atoms with Crippen molar-refractivity contribution in [2.75, 3.05) is 0 Å². The summed E-state index contributed by atoms with van der Waals surface area (Å²) in [6.07, 6.45) is 1.36. The molecule has 1 aliphatic heterocycles. The van der Waals surface area contributed by atoms with E-state index in [1.807, 2.05) is 18.2 Å².